The van der Waals surface area contributed by atoms with Crippen molar-refractivity contribution >= 4 is 34.9 Å². The Morgan fingerprint density at radius 1 is 1.03 bits per heavy atom. The van der Waals surface area contributed by atoms with Crippen LogP contribution in [0.5, 0.6) is 11.5 Å². The third kappa shape index (κ3) is 6.81. The van der Waals surface area contributed by atoms with Crippen molar-refractivity contribution in [1.29, 1.82) is 0 Å². The van der Waals surface area contributed by atoms with E-state index >= 15 is 0 Å². The molecule has 0 bridgehead atoms. The van der Waals surface area contributed by atoms with Crippen molar-refractivity contribution in [2.75, 3.05) is 17.4 Å². The SMILES string of the molecule is CNC(=O)c1cc(Oc2ccc(NC(=O)NC3=CC(C(C)(C)C)NN3c3cc(F)cc(F)c3)c(Cl)c2)ccn1. The molecule has 12 heteroatoms. The second-order valence-corrected chi connectivity index (χ2v) is 10.2. The number of hydrogen-bond donors (Lipinski definition) is 4. The van der Waals surface area contributed by atoms with E-state index in [1.54, 1.807) is 24.3 Å². The number of rotatable bonds is 6. The summed E-state index contributed by atoms with van der Waals surface area (Å²) in [6.45, 7) is 5.97. The molecule has 0 spiro atoms. The van der Waals surface area contributed by atoms with Gasteiger partial charge in [-0.1, -0.05) is 32.4 Å². The highest BCUT2D eigenvalue weighted by Gasteiger charge is 2.33. The number of halogens is 3. The van der Waals surface area contributed by atoms with Gasteiger partial charge in [-0.05, 0) is 41.8 Å². The van der Waals surface area contributed by atoms with Crippen LogP contribution in [0, 0.1) is 17.0 Å². The van der Waals surface area contributed by atoms with Crippen LogP contribution in [0.1, 0.15) is 31.3 Å². The van der Waals surface area contributed by atoms with Crippen LogP contribution in [0.2, 0.25) is 5.02 Å². The first kappa shape index (κ1) is 27.8. The molecule has 9 nitrogen and oxygen atoms in total. The van der Waals surface area contributed by atoms with E-state index in [1.165, 1.54) is 30.4 Å². The van der Waals surface area contributed by atoms with E-state index in [0.717, 1.165) is 18.2 Å². The number of amides is 3. The van der Waals surface area contributed by atoms with Crippen LogP contribution in [0.3, 0.4) is 0 Å². The fourth-order valence-electron chi connectivity index (χ4n) is 3.70. The van der Waals surface area contributed by atoms with Crippen molar-refractivity contribution in [2.45, 2.75) is 26.8 Å². The number of urea groups is 1. The Morgan fingerprint density at radius 3 is 2.36 bits per heavy atom. The van der Waals surface area contributed by atoms with Gasteiger partial charge in [0.2, 0.25) is 0 Å². The molecule has 0 radical (unpaired) electrons. The highest BCUT2D eigenvalue weighted by atomic mass is 35.5. The molecule has 1 atom stereocenters. The number of anilines is 2. The van der Waals surface area contributed by atoms with Crippen LogP contribution in [0.25, 0.3) is 0 Å². The summed E-state index contributed by atoms with van der Waals surface area (Å²) in [6, 6.07) is 9.94. The first-order valence-corrected chi connectivity index (χ1v) is 12.3. The topological polar surface area (TPSA) is 108 Å². The van der Waals surface area contributed by atoms with E-state index in [1.807, 2.05) is 20.8 Å². The van der Waals surface area contributed by atoms with Crippen molar-refractivity contribution in [3.63, 3.8) is 0 Å². The molecule has 4 rings (SSSR count). The van der Waals surface area contributed by atoms with Crippen LogP contribution < -0.4 is 31.1 Å². The second kappa shape index (κ2) is 11.3. The number of aromatic nitrogens is 1. The predicted molar refractivity (Wildman–Crippen MR) is 145 cm³/mol. The van der Waals surface area contributed by atoms with Gasteiger partial charge in [-0.25, -0.2) is 19.0 Å². The number of benzene rings is 2. The van der Waals surface area contributed by atoms with Gasteiger partial charge in [0, 0.05) is 31.4 Å². The number of carbonyl (C=O) groups is 2. The van der Waals surface area contributed by atoms with E-state index in [2.05, 4.69) is 26.4 Å². The van der Waals surface area contributed by atoms with Gasteiger partial charge in [0.25, 0.3) is 5.91 Å². The third-order valence-corrected chi connectivity index (χ3v) is 6.04. The average molecular weight is 557 g/mol. The van der Waals surface area contributed by atoms with Gasteiger partial charge in [-0.15, -0.1) is 0 Å². The van der Waals surface area contributed by atoms with E-state index in [9.17, 15) is 18.4 Å². The van der Waals surface area contributed by atoms with E-state index < -0.39 is 17.7 Å². The van der Waals surface area contributed by atoms with Gasteiger partial charge in [0.15, 0.2) is 0 Å². The minimum absolute atomic E-state index is 0.182. The molecule has 1 aliphatic rings. The van der Waals surface area contributed by atoms with Crippen molar-refractivity contribution < 1.29 is 23.1 Å². The zero-order chi connectivity index (χ0) is 28.3. The highest BCUT2D eigenvalue weighted by Crippen LogP contribution is 2.32. The summed E-state index contributed by atoms with van der Waals surface area (Å²) in [6.07, 6.45) is 3.21. The molecule has 1 unspecified atom stereocenters. The van der Waals surface area contributed by atoms with Crippen molar-refractivity contribution in [3.8, 4) is 11.5 Å². The Bertz CT molecular complexity index is 1420. The highest BCUT2D eigenvalue weighted by molar-refractivity contribution is 6.33. The molecule has 0 saturated carbocycles. The Labute approximate surface area is 229 Å². The van der Waals surface area contributed by atoms with Crippen LogP contribution >= 0.6 is 11.6 Å². The second-order valence-electron chi connectivity index (χ2n) is 9.77. The molecular weight excluding hydrogens is 530 g/mol. The Balaban J connectivity index is 1.48. The summed E-state index contributed by atoms with van der Waals surface area (Å²) in [5, 5.41) is 9.48. The van der Waals surface area contributed by atoms with Gasteiger partial charge in [-0.2, -0.15) is 0 Å². The maximum absolute atomic E-state index is 13.9. The van der Waals surface area contributed by atoms with Crippen LogP contribution in [-0.4, -0.2) is 30.0 Å². The Hall–Kier alpha value is -4.22. The molecule has 0 fully saturated rings. The molecular formula is C27H27ClF2N6O3. The zero-order valence-electron chi connectivity index (χ0n) is 21.6. The van der Waals surface area contributed by atoms with Gasteiger partial charge >= 0.3 is 6.03 Å². The van der Waals surface area contributed by atoms with Gasteiger partial charge in [-0.3, -0.25) is 20.1 Å². The quantitative estimate of drug-likeness (QED) is 0.316. The minimum atomic E-state index is -0.750. The fourth-order valence-corrected chi connectivity index (χ4v) is 3.91. The molecule has 3 aromatic rings. The molecule has 4 N–H and O–H groups in total. The normalized spacial score (nSPS) is 15.0. The van der Waals surface area contributed by atoms with Crippen LogP contribution in [0.4, 0.5) is 25.0 Å². The standard InChI is InChI=1S/C27H27ClF2N6O3/c1-27(2,3)23-14-24(36(35-23)17-10-15(29)9-16(30)11-17)34-26(38)33-21-6-5-18(12-20(21)28)39-19-7-8-32-22(13-19)25(37)31-4/h5-14,23,35H,1-4H3,(H,31,37)(H2,33,34,38). The van der Waals surface area contributed by atoms with Crippen LogP contribution in [0.15, 0.2) is 66.6 Å². The largest absolute Gasteiger partial charge is 0.457 e. The molecule has 2 aromatic carbocycles. The summed E-state index contributed by atoms with van der Waals surface area (Å²) < 4.78 is 33.6. The molecule has 1 aromatic heterocycles. The maximum atomic E-state index is 13.9. The third-order valence-electron chi connectivity index (χ3n) is 5.73. The lowest BCUT2D eigenvalue weighted by molar-refractivity contribution is 0.0957. The van der Waals surface area contributed by atoms with Gasteiger partial charge in [0.05, 0.1) is 22.4 Å². The van der Waals surface area contributed by atoms with E-state index in [4.69, 9.17) is 16.3 Å². The zero-order valence-corrected chi connectivity index (χ0v) is 22.4. The predicted octanol–water partition coefficient (Wildman–Crippen LogP) is 5.57. The smallest absolute Gasteiger partial charge is 0.324 e. The number of nitrogens with zero attached hydrogens (tertiary/aromatic N) is 2. The molecule has 2 heterocycles. The lowest BCUT2D eigenvalue weighted by atomic mass is 9.87. The monoisotopic (exact) mass is 556 g/mol. The lowest BCUT2D eigenvalue weighted by Crippen LogP contribution is -2.46. The van der Waals surface area contributed by atoms with Gasteiger partial charge in [0.1, 0.15) is 34.6 Å². The number of carbonyl (C=O) groups excluding carboxylic acids is 2. The molecule has 0 aliphatic carbocycles. The van der Waals surface area contributed by atoms with Crippen LogP contribution in [-0.2, 0) is 0 Å². The molecule has 0 saturated heterocycles. The first-order valence-electron chi connectivity index (χ1n) is 11.9. The summed E-state index contributed by atoms with van der Waals surface area (Å²) in [5.41, 5.74) is 3.57. The summed E-state index contributed by atoms with van der Waals surface area (Å²) >= 11 is 6.38. The van der Waals surface area contributed by atoms with E-state index in [-0.39, 0.29) is 39.6 Å². The number of hydrogen-bond acceptors (Lipinski definition) is 6. The number of nitrogens with one attached hydrogen (secondary N) is 4. The Kier molecular flexibility index (Phi) is 8.03. The van der Waals surface area contributed by atoms with E-state index in [0.29, 0.717) is 17.2 Å². The lowest BCUT2D eigenvalue weighted by Gasteiger charge is -2.29. The molecule has 1 aliphatic heterocycles. The summed E-state index contributed by atoms with van der Waals surface area (Å²) in [7, 11) is 1.50. The molecule has 3 amide bonds. The number of pyridine rings is 1. The first-order chi connectivity index (χ1) is 18.4. The summed E-state index contributed by atoms with van der Waals surface area (Å²) in [4.78, 5) is 28.7. The maximum Gasteiger partial charge on any atom is 0.324 e. The fraction of sp³-hybridized carbons (Fsp3) is 0.222. The van der Waals surface area contributed by atoms with Gasteiger partial charge < -0.3 is 15.4 Å². The van der Waals surface area contributed by atoms with Crippen molar-refractivity contribution in [1.82, 2.24) is 21.0 Å². The Morgan fingerprint density at radius 2 is 1.72 bits per heavy atom. The molecule has 204 valence electrons. The number of ether oxygens (including phenoxy) is 1. The van der Waals surface area contributed by atoms with Crippen molar-refractivity contribution in [3.05, 3.63) is 89.0 Å². The minimum Gasteiger partial charge on any atom is -0.457 e. The summed E-state index contributed by atoms with van der Waals surface area (Å²) in [5.74, 6) is -0.818. The van der Waals surface area contributed by atoms with Crippen molar-refractivity contribution in [2.24, 2.45) is 5.41 Å². The number of hydrazine groups is 1. The molecule has 39 heavy (non-hydrogen) atoms. The average Bonchev–Trinajstić information content (AvgIpc) is 3.29.